The van der Waals surface area contributed by atoms with E-state index in [1.54, 1.807) is 7.05 Å². The summed E-state index contributed by atoms with van der Waals surface area (Å²) in [7, 11) is 1.69. The van der Waals surface area contributed by atoms with Gasteiger partial charge in [0.2, 0.25) is 0 Å². The fourth-order valence-corrected chi connectivity index (χ4v) is 0.204. The van der Waals surface area contributed by atoms with E-state index in [1.807, 2.05) is 0 Å². The van der Waals surface area contributed by atoms with Crippen molar-refractivity contribution in [1.82, 2.24) is 4.72 Å². The molecule has 4 heteroatoms. The molecule has 2 nitrogen and oxygen atoms in total. The topological polar surface area (TPSA) is 38.0 Å². The van der Waals surface area contributed by atoms with Gasteiger partial charge in [0, 0.05) is 0 Å². The van der Waals surface area contributed by atoms with Gasteiger partial charge in [-0.05, 0) is 20.0 Å². The van der Waals surface area contributed by atoms with Crippen molar-refractivity contribution < 1.29 is 0 Å². The first-order valence-corrected chi connectivity index (χ1v) is 3.23. The molecule has 0 heterocycles. The molecule has 0 aromatic carbocycles. The van der Waals surface area contributed by atoms with Crippen LogP contribution in [0.2, 0.25) is 0 Å². The number of hydrogen-bond acceptors (Lipinski definition) is 3. The molecule has 0 aromatic rings. The molecular weight excluding hydrogens is 172 g/mol. The molecule has 0 atom stereocenters. The second-order valence-corrected chi connectivity index (χ2v) is 1.75. The summed E-state index contributed by atoms with van der Waals surface area (Å²) in [6.07, 6.45) is 2.39. The van der Waals surface area contributed by atoms with Crippen LogP contribution in [0.25, 0.3) is 0 Å². The van der Waals surface area contributed by atoms with Crippen molar-refractivity contribution in [1.29, 1.82) is 0 Å². The maximum atomic E-state index is 5.14. The maximum Gasteiger partial charge on any atom is 2.00 e. The first-order chi connectivity index (χ1) is 3.83. The summed E-state index contributed by atoms with van der Waals surface area (Å²) >= 11 is 4.14. The molecule has 10 heavy (non-hydrogen) atoms. The molecule has 0 rings (SSSR count). The summed E-state index contributed by atoms with van der Waals surface area (Å²) in [6.45, 7) is 2.98. The molecule has 0 aliphatic rings. The second-order valence-electron chi connectivity index (χ2n) is 1.35. The fraction of sp³-hybridized carbons (Fsp3) is 0.833. The maximum absolute atomic E-state index is 5.14. The predicted molar refractivity (Wildman–Crippen MR) is 52.6 cm³/mol. The van der Waals surface area contributed by atoms with Gasteiger partial charge in [0.25, 0.3) is 0 Å². The Bertz CT molecular complexity index is 29.7. The smallest absolute Gasteiger partial charge is 0.706 e. The number of rotatable bonds is 2. The molecule has 0 saturated heterocycles. The van der Waals surface area contributed by atoms with Crippen LogP contribution in [0.3, 0.4) is 0 Å². The molecular formula is C6H18CaN2S. The minimum atomic E-state index is 0. The Morgan fingerprint density at radius 3 is 1.80 bits per heavy atom. The van der Waals surface area contributed by atoms with Crippen LogP contribution in [0, 0.1) is 7.43 Å². The summed E-state index contributed by atoms with van der Waals surface area (Å²) in [6, 6.07) is 0. The number of nitrogens with two attached hydrogens (primary N) is 1. The zero-order valence-corrected chi connectivity index (χ0v) is 10.3. The Balaban J connectivity index is -0.0000000326. The zero-order chi connectivity index (χ0) is 6.83. The molecule has 0 spiro atoms. The molecule has 0 bridgehead atoms. The average molecular weight is 190 g/mol. The van der Waals surface area contributed by atoms with Crippen LogP contribution in [0.5, 0.6) is 0 Å². The predicted octanol–water partition coefficient (Wildman–Crippen LogP) is 0.482. The minimum Gasteiger partial charge on any atom is -0.706 e. The van der Waals surface area contributed by atoms with Crippen molar-refractivity contribution in [2.45, 2.75) is 19.8 Å². The quantitative estimate of drug-likeness (QED) is 0.378. The first kappa shape index (κ1) is 22.5. The summed E-state index contributed by atoms with van der Waals surface area (Å²) in [5.41, 5.74) is 5.14. The Morgan fingerprint density at radius 1 is 1.50 bits per heavy atom. The van der Waals surface area contributed by atoms with Crippen molar-refractivity contribution >= 4 is 50.6 Å². The van der Waals surface area contributed by atoms with Gasteiger partial charge in [-0.2, -0.15) is 0 Å². The van der Waals surface area contributed by atoms with Crippen LogP contribution >= 0.6 is 0 Å². The molecule has 0 saturated carbocycles. The third-order valence-corrected chi connectivity index (χ3v) is 0.558. The van der Waals surface area contributed by atoms with E-state index in [9.17, 15) is 0 Å². The summed E-state index contributed by atoms with van der Waals surface area (Å²) in [4.78, 5) is 0. The van der Waals surface area contributed by atoms with Gasteiger partial charge in [0.05, 0.1) is 0 Å². The Labute approximate surface area is 101 Å². The van der Waals surface area contributed by atoms with Crippen LogP contribution in [0.1, 0.15) is 19.8 Å². The van der Waals surface area contributed by atoms with E-state index < -0.39 is 0 Å². The molecule has 0 aromatic heterocycles. The van der Waals surface area contributed by atoms with Gasteiger partial charge in [-0.15, -0.1) is 0 Å². The van der Waals surface area contributed by atoms with E-state index in [-0.39, 0.29) is 45.2 Å². The Hall–Kier alpha value is 1.53. The van der Waals surface area contributed by atoms with Gasteiger partial charge >= 0.3 is 37.7 Å². The van der Waals surface area contributed by atoms with Crippen LogP contribution in [-0.2, 0) is 12.8 Å². The molecule has 0 aliphatic heterocycles. The van der Waals surface area contributed by atoms with Crippen LogP contribution in [0.4, 0.5) is 0 Å². The SMILES string of the molecule is CCCCN.CN[S-].[CH3-].[Ca+2]. The van der Waals surface area contributed by atoms with Gasteiger partial charge in [0.15, 0.2) is 0 Å². The third kappa shape index (κ3) is 55.7. The van der Waals surface area contributed by atoms with E-state index in [2.05, 4.69) is 24.5 Å². The fourth-order valence-electron chi connectivity index (χ4n) is 0.204. The molecule has 0 aliphatic carbocycles. The zero-order valence-electron chi connectivity index (χ0n) is 7.31. The van der Waals surface area contributed by atoms with E-state index >= 15 is 0 Å². The van der Waals surface area contributed by atoms with Crippen molar-refractivity contribution in [2.24, 2.45) is 5.73 Å². The first-order valence-electron chi connectivity index (χ1n) is 2.82. The van der Waals surface area contributed by atoms with E-state index in [4.69, 9.17) is 5.73 Å². The number of nitrogens with one attached hydrogen (secondary N) is 1. The van der Waals surface area contributed by atoms with E-state index in [1.165, 1.54) is 12.8 Å². The van der Waals surface area contributed by atoms with Crippen LogP contribution in [-0.4, -0.2) is 51.3 Å². The monoisotopic (exact) mass is 190 g/mol. The summed E-state index contributed by atoms with van der Waals surface area (Å²) in [5.74, 6) is 0. The summed E-state index contributed by atoms with van der Waals surface area (Å²) in [5, 5.41) is 0. The van der Waals surface area contributed by atoms with Gasteiger partial charge in [-0.1, -0.05) is 13.3 Å². The van der Waals surface area contributed by atoms with Crippen molar-refractivity contribution in [3.63, 3.8) is 0 Å². The second kappa shape index (κ2) is 31.3. The summed E-state index contributed by atoms with van der Waals surface area (Å²) < 4.78 is 2.33. The Morgan fingerprint density at radius 2 is 1.80 bits per heavy atom. The third-order valence-electron chi connectivity index (χ3n) is 0.558. The molecule has 0 amide bonds. The van der Waals surface area contributed by atoms with Gasteiger partial charge in [-0.3, -0.25) is 0 Å². The van der Waals surface area contributed by atoms with Crippen LogP contribution in [0.15, 0.2) is 0 Å². The van der Waals surface area contributed by atoms with Gasteiger partial charge < -0.3 is 30.7 Å². The Kier molecular flexibility index (Phi) is 70.5. The standard InChI is InChI=1S/C4H11N.CH4NS.CH3.Ca/c1-2-3-4-5;1-2-3;;/h2-5H2,1H3;2H,1H3;1H3;/q;2*-1;+2. The van der Waals surface area contributed by atoms with Crippen molar-refractivity contribution in [3.8, 4) is 0 Å². The minimum absolute atomic E-state index is 0. The van der Waals surface area contributed by atoms with Crippen molar-refractivity contribution in [2.75, 3.05) is 13.6 Å². The van der Waals surface area contributed by atoms with Gasteiger partial charge in [-0.25, -0.2) is 0 Å². The molecule has 0 fully saturated rings. The molecule has 3 N–H and O–H groups in total. The largest absolute Gasteiger partial charge is 2.00 e. The van der Waals surface area contributed by atoms with Crippen molar-refractivity contribution in [3.05, 3.63) is 7.43 Å². The number of unbranched alkanes of at least 4 members (excludes halogenated alkanes) is 1. The van der Waals surface area contributed by atoms with E-state index in [0.717, 1.165) is 6.54 Å². The van der Waals surface area contributed by atoms with E-state index in [0.29, 0.717) is 0 Å². The average Bonchev–Trinajstić information content (AvgIpc) is 1.71. The van der Waals surface area contributed by atoms with Crippen LogP contribution < -0.4 is 10.5 Å². The number of hydrogen-bond donors (Lipinski definition) is 2. The molecule has 60 valence electrons. The molecule has 0 radical (unpaired) electrons. The normalized spacial score (nSPS) is 6.00. The van der Waals surface area contributed by atoms with Gasteiger partial charge in [0.1, 0.15) is 0 Å². The molecule has 0 unspecified atom stereocenters.